The van der Waals surface area contributed by atoms with Crippen molar-refractivity contribution in [2.45, 2.75) is 31.8 Å². The molecule has 0 fully saturated rings. The second-order valence-electron chi connectivity index (χ2n) is 6.09. The predicted molar refractivity (Wildman–Crippen MR) is 87.2 cm³/mol. The monoisotopic (exact) mass is 312 g/mol. The molecule has 2 aromatic carbocycles. The van der Waals surface area contributed by atoms with E-state index in [4.69, 9.17) is 0 Å². The summed E-state index contributed by atoms with van der Waals surface area (Å²) in [6.45, 7) is 0.192. The third-order valence-electron chi connectivity index (χ3n) is 4.70. The third kappa shape index (κ3) is 2.53. The predicted octanol–water partition coefficient (Wildman–Crippen LogP) is 4.61. The fourth-order valence-corrected chi connectivity index (χ4v) is 3.55. The van der Waals surface area contributed by atoms with E-state index in [0.717, 1.165) is 30.5 Å². The SMILES string of the molecule is Fc1cccc(F)c1CNC1CCCc2c1[nH]c1ccccc21. The molecule has 0 amide bonds. The first-order valence-electron chi connectivity index (χ1n) is 8.00. The van der Waals surface area contributed by atoms with E-state index < -0.39 is 11.6 Å². The van der Waals surface area contributed by atoms with Crippen LogP contribution in [0.4, 0.5) is 8.78 Å². The van der Waals surface area contributed by atoms with E-state index in [0.29, 0.717) is 0 Å². The summed E-state index contributed by atoms with van der Waals surface area (Å²) in [6, 6.07) is 12.4. The van der Waals surface area contributed by atoms with Crippen molar-refractivity contribution >= 4 is 10.9 Å². The van der Waals surface area contributed by atoms with Gasteiger partial charge in [0.15, 0.2) is 0 Å². The van der Waals surface area contributed by atoms with Crippen LogP contribution in [0.1, 0.15) is 35.7 Å². The summed E-state index contributed by atoms with van der Waals surface area (Å²) in [4.78, 5) is 3.48. The van der Waals surface area contributed by atoms with Gasteiger partial charge in [0, 0.05) is 34.7 Å². The van der Waals surface area contributed by atoms with Crippen molar-refractivity contribution in [1.29, 1.82) is 0 Å². The minimum absolute atomic E-state index is 0.102. The van der Waals surface area contributed by atoms with Crippen LogP contribution in [-0.4, -0.2) is 4.98 Å². The number of fused-ring (bicyclic) bond motifs is 3. The summed E-state index contributed by atoms with van der Waals surface area (Å²) >= 11 is 0. The second kappa shape index (κ2) is 5.78. The molecular weight excluding hydrogens is 294 g/mol. The minimum Gasteiger partial charge on any atom is -0.357 e. The molecule has 2 nitrogen and oxygen atoms in total. The fraction of sp³-hybridized carbons (Fsp3) is 0.263. The zero-order chi connectivity index (χ0) is 15.8. The minimum atomic E-state index is -0.495. The Morgan fingerprint density at radius 2 is 1.83 bits per heavy atom. The van der Waals surface area contributed by atoms with Gasteiger partial charge < -0.3 is 10.3 Å². The lowest BCUT2D eigenvalue weighted by atomic mass is 9.91. The van der Waals surface area contributed by atoms with Gasteiger partial charge in [-0.3, -0.25) is 0 Å². The number of para-hydroxylation sites is 1. The van der Waals surface area contributed by atoms with Crippen LogP contribution in [0.3, 0.4) is 0 Å². The molecule has 0 saturated carbocycles. The summed E-state index contributed by atoms with van der Waals surface area (Å²) < 4.78 is 27.6. The molecule has 1 heterocycles. The van der Waals surface area contributed by atoms with Gasteiger partial charge in [-0.1, -0.05) is 24.3 Å². The molecule has 23 heavy (non-hydrogen) atoms. The van der Waals surface area contributed by atoms with Crippen LogP contribution in [0.25, 0.3) is 10.9 Å². The smallest absolute Gasteiger partial charge is 0.130 e. The van der Waals surface area contributed by atoms with Crippen LogP contribution in [0, 0.1) is 11.6 Å². The van der Waals surface area contributed by atoms with Gasteiger partial charge in [0.05, 0.1) is 0 Å². The molecule has 1 aromatic heterocycles. The number of hydrogen-bond acceptors (Lipinski definition) is 1. The van der Waals surface area contributed by atoms with Gasteiger partial charge in [-0.05, 0) is 43.0 Å². The molecule has 1 aliphatic rings. The Kier molecular flexibility index (Phi) is 3.62. The molecular formula is C19H18F2N2. The lowest BCUT2D eigenvalue weighted by molar-refractivity contribution is 0.437. The average Bonchev–Trinajstić information content (AvgIpc) is 2.94. The van der Waals surface area contributed by atoms with Gasteiger partial charge in [-0.15, -0.1) is 0 Å². The highest BCUT2D eigenvalue weighted by Crippen LogP contribution is 2.34. The zero-order valence-corrected chi connectivity index (χ0v) is 12.7. The fourth-order valence-electron chi connectivity index (χ4n) is 3.55. The molecule has 0 spiro atoms. The van der Waals surface area contributed by atoms with Crippen molar-refractivity contribution in [2.24, 2.45) is 0 Å². The maximum atomic E-state index is 13.8. The second-order valence-corrected chi connectivity index (χ2v) is 6.09. The van der Waals surface area contributed by atoms with E-state index in [1.54, 1.807) is 0 Å². The van der Waals surface area contributed by atoms with E-state index in [1.807, 2.05) is 12.1 Å². The molecule has 0 aliphatic heterocycles. The number of aryl methyl sites for hydroxylation is 1. The lowest BCUT2D eigenvalue weighted by Gasteiger charge is -2.24. The van der Waals surface area contributed by atoms with Crippen LogP contribution >= 0.6 is 0 Å². The lowest BCUT2D eigenvalue weighted by Crippen LogP contribution is -2.25. The summed E-state index contributed by atoms with van der Waals surface area (Å²) in [5, 5.41) is 4.58. The Morgan fingerprint density at radius 3 is 2.65 bits per heavy atom. The number of hydrogen-bond donors (Lipinski definition) is 2. The number of halogens is 2. The molecule has 1 atom stereocenters. The maximum absolute atomic E-state index is 13.8. The van der Waals surface area contributed by atoms with Crippen LogP contribution in [0.15, 0.2) is 42.5 Å². The van der Waals surface area contributed by atoms with Crippen molar-refractivity contribution in [3.05, 3.63) is 70.9 Å². The Bertz CT molecular complexity index is 833. The molecule has 118 valence electrons. The number of aromatic amines is 1. The van der Waals surface area contributed by atoms with Gasteiger partial charge in [-0.25, -0.2) is 8.78 Å². The van der Waals surface area contributed by atoms with E-state index in [-0.39, 0.29) is 18.2 Å². The first-order chi connectivity index (χ1) is 11.2. The Morgan fingerprint density at radius 1 is 1.04 bits per heavy atom. The van der Waals surface area contributed by atoms with Crippen LogP contribution in [-0.2, 0) is 13.0 Å². The quantitative estimate of drug-likeness (QED) is 0.726. The number of benzene rings is 2. The summed E-state index contributed by atoms with van der Waals surface area (Å²) in [7, 11) is 0. The topological polar surface area (TPSA) is 27.8 Å². The first-order valence-corrected chi connectivity index (χ1v) is 8.00. The first kappa shape index (κ1) is 14.4. The Labute approximate surface area is 133 Å². The van der Waals surface area contributed by atoms with Gasteiger partial charge in [0.2, 0.25) is 0 Å². The normalized spacial score (nSPS) is 17.4. The zero-order valence-electron chi connectivity index (χ0n) is 12.7. The average molecular weight is 312 g/mol. The van der Waals surface area contributed by atoms with Crippen LogP contribution in [0.2, 0.25) is 0 Å². The van der Waals surface area contributed by atoms with Crippen molar-refractivity contribution in [1.82, 2.24) is 10.3 Å². The van der Waals surface area contributed by atoms with Crippen LogP contribution in [0.5, 0.6) is 0 Å². The standard InChI is InChI=1S/C19H18F2N2/c20-15-7-4-8-16(21)14(15)11-22-18-10-3-6-13-12-5-1-2-9-17(12)23-19(13)18/h1-2,4-5,7-9,18,22-23H,3,6,10-11H2. The number of nitrogens with one attached hydrogen (secondary N) is 2. The summed E-state index contributed by atoms with van der Waals surface area (Å²) in [5.74, 6) is -0.990. The van der Waals surface area contributed by atoms with E-state index >= 15 is 0 Å². The molecule has 0 radical (unpaired) electrons. The van der Waals surface area contributed by atoms with Gasteiger partial charge in [0.1, 0.15) is 11.6 Å². The van der Waals surface area contributed by atoms with Gasteiger partial charge >= 0.3 is 0 Å². The molecule has 4 rings (SSSR count). The van der Waals surface area contributed by atoms with Crippen molar-refractivity contribution < 1.29 is 8.78 Å². The van der Waals surface area contributed by atoms with Gasteiger partial charge in [0.25, 0.3) is 0 Å². The Hall–Kier alpha value is -2.20. The highest BCUT2D eigenvalue weighted by atomic mass is 19.1. The summed E-state index contributed by atoms with van der Waals surface area (Å²) in [6.07, 6.45) is 3.09. The molecule has 1 unspecified atom stereocenters. The largest absolute Gasteiger partial charge is 0.357 e. The van der Waals surface area contributed by atoms with E-state index in [2.05, 4.69) is 22.4 Å². The van der Waals surface area contributed by atoms with Crippen LogP contribution < -0.4 is 5.32 Å². The number of rotatable bonds is 3. The molecule has 0 saturated heterocycles. The van der Waals surface area contributed by atoms with Gasteiger partial charge in [-0.2, -0.15) is 0 Å². The third-order valence-corrected chi connectivity index (χ3v) is 4.70. The molecule has 0 bridgehead atoms. The van der Waals surface area contributed by atoms with E-state index in [9.17, 15) is 8.78 Å². The molecule has 2 N–H and O–H groups in total. The maximum Gasteiger partial charge on any atom is 0.130 e. The van der Waals surface area contributed by atoms with E-state index in [1.165, 1.54) is 29.1 Å². The highest BCUT2D eigenvalue weighted by molar-refractivity contribution is 5.85. The van der Waals surface area contributed by atoms with Crippen molar-refractivity contribution in [3.63, 3.8) is 0 Å². The number of aromatic nitrogens is 1. The summed E-state index contributed by atoms with van der Waals surface area (Å²) in [5.41, 5.74) is 3.73. The van der Waals surface area contributed by atoms with Crippen molar-refractivity contribution in [3.8, 4) is 0 Å². The Balaban J connectivity index is 1.62. The highest BCUT2D eigenvalue weighted by Gasteiger charge is 2.24. The van der Waals surface area contributed by atoms with Crippen molar-refractivity contribution in [2.75, 3.05) is 0 Å². The molecule has 1 aliphatic carbocycles. The molecule has 4 heteroatoms. The number of H-pyrrole nitrogens is 1. The molecule has 3 aromatic rings.